The van der Waals surface area contributed by atoms with Crippen molar-refractivity contribution in [3.05, 3.63) is 34.9 Å². The Balaban J connectivity index is 2.45. The van der Waals surface area contributed by atoms with Gasteiger partial charge in [-0.05, 0) is 44.9 Å². The summed E-state index contributed by atoms with van der Waals surface area (Å²) in [7, 11) is 0. The molecule has 1 aromatic rings. The molecule has 0 radical (unpaired) electrons. The summed E-state index contributed by atoms with van der Waals surface area (Å²) in [6.07, 6.45) is 0.198. The molecular formula is C15H23ClN2O2. The fourth-order valence-electron chi connectivity index (χ4n) is 1.92. The number of hydrogen-bond acceptors (Lipinski definition) is 2. The number of carbonyl (C=O) groups is 1. The highest BCUT2D eigenvalue weighted by Crippen LogP contribution is 2.10. The minimum atomic E-state index is -0.531. The first-order valence-electron chi connectivity index (χ1n) is 6.87. The van der Waals surface area contributed by atoms with Crippen LogP contribution < -0.4 is 5.32 Å². The van der Waals surface area contributed by atoms with Crippen LogP contribution in [0, 0.1) is 0 Å². The molecular weight excluding hydrogens is 276 g/mol. The average Bonchev–Trinajstić information content (AvgIpc) is 2.35. The van der Waals surface area contributed by atoms with Gasteiger partial charge < -0.3 is 15.3 Å². The van der Waals surface area contributed by atoms with Crippen LogP contribution in [0.5, 0.6) is 0 Å². The lowest BCUT2D eigenvalue weighted by atomic mass is 10.1. The average molecular weight is 299 g/mol. The molecule has 0 spiro atoms. The van der Waals surface area contributed by atoms with Crippen LogP contribution >= 0.6 is 11.6 Å². The van der Waals surface area contributed by atoms with Gasteiger partial charge in [-0.3, -0.25) is 0 Å². The van der Waals surface area contributed by atoms with Crippen LogP contribution in [-0.2, 0) is 6.42 Å². The number of aliphatic hydroxyl groups is 1. The molecule has 1 atom stereocenters. The molecule has 4 nitrogen and oxygen atoms in total. The summed E-state index contributed by atoms with van der Waals surface area (Å²) < 4.78 is 0. The highest BCUT2D eigenvalue weighted by molar-refractivity contribution is 6.30. The molecule has 2 N–H and O–H groups in total. The van der Waals surface area contributed by atoms with Crippen LogP contribution in [0.3, 0.4) is 0 Å². The molecule has 0 aliphatic rings. The molecule has 112 valence electrons. The van der Waals surface area contributed by atoms with E-state index in [1.807, 2.05) is 38.1 Å². The van der Waals surface area contributed by atoms with Gasteiger partial charge in [0.1, 0.15) is 0 Å². The maximum atomic E-state index is 12.1. The van der Waals surface area contributed by atoms with Gasteiger partial charge in [0.25, 0.3) is 0 Å². The maximum absolute atomic E-state index is 12.1. The van der Waals surface area contributed by atoms with E-state index in [1.165, 1.54) is 0 Å². The van der Waals surface area contributed by atoms with E-state index in [4.69, 9.17) is 11.6 Å². The van der Waals surface area contributed by atoms with Gasteiger partial charge in [0.2, 0.25) is 0 Å². The monoisotopic (exact) mass is 298 g/mol. The summed E-state index contributed by atoms with van der Waals surface area (Å²) in [5, 5.41) is 13.0. The Morgan fingerprint density at radius 2 is 2.10 bits per heavy atom. The van der Waals surface area contributed by atoms with Crippen LogP contribution in [0.25, 0.3) is 0 Å². The summed E-state index contributed by atoms with van der Waals surface area (Å²) in [6.45, 7) is 6.41. The fraction of sp³-hybridized carbons (Fsp3) is 0.533. The highest BCUT2D eigenvalue weighted by Gasteiger charge is 2.17. The quantitative estimate of drug-likeness (QED) is 0.848. The second kappa shape index (κ2) is 8.12. The SMILES string of the molecule is CC(O)CN(C(=O)NCCc1cccc(Cl)c1)C(C)C. The first-order valence-corrected chi connectivity index (χ1v) is 7.25. The van der Waals surface area contributed by atoms with Crippen LogP contribution in [0.1, 0.15) is 26.3 Å². The predicted octanol–water partition coefficient (Wildman–Crippen LogP) is 2.68. The van der Waals surface area contributed by atoms with Crippen molar-refractivity contribution in [3.8, 4) is 0 Å². The van der Waals surface area contributed by atoms with Gasteiger partial charge in [0.15, 0.2) is 0 Å². The second-order valence-electron chi connectivity index (χ2n) is 5.21. The Morgan fingerprint density at radius 3 is 2.65 bits per heavy atom. The Hall–Kier alpha value is -1.26. The standard InChI is InChI=1S/C15H23ClN2O2/c1-11(2)18(10-12(3)19)15(20)17-8-7-13-5-4-6-14(16)9-13/h4-6,9,11-12,19H,7-8,10H2,1-3H3,(H,17,20). The third kappa shape index (κ3) is 5.80. The lowest BCUT2D eigenvalue weighted by molar-refractivity contribution is 0.119. The Labute approximate surface area is 125 Å². The summed E-state index contributed by atoms with van der Waals surface area (Å²) in [5.74, 6) is 0. The largest absolute Gasteiger partial charge is 0.392 e. The van der Waals surface area contributed by atoms with E-state index in [1.54, 1.807) is 11.8 Å². The van der Waals surface area contributed by atoms with Crippen LogP contribution in [0.4, 0.5) is 4.79 Å². The molecule has 20 heavy (non-hydrogen) atoms. The molecule has 0 bridgehead atoms. The number of benzene rings is 1. The zero-order valence-corrected chi connectivity index (χ0v) is 13.0. The van der Waals surface area contributed by atoms with Crippen molar-refractivity contribution >= 4 is 17.6 Å². The molecule has 0 aliphatic heterocycles. The van der Waals surface area contributed by atoms with Gasteiger partial charge in [-0.15, -0.1) is 0 Å². The minimum absolute atomic E-state index is 0.0516. The molecule has 0 aliphatic carbocycles. The van der Waals surface area contributed by atoms with Crippen LogP contribution in [0.2, 0.25) is 5.02 Å². The van der Waals surface area contributed by atoms with Crippen molar-refractivity contribution in [1.82, 2.24) is 10.2 Å². The zero-order valence-electron chi connectivity index (χ0n) is 12.3. The zero-order chi connectivity index (χ0) is 15.1. The van der Waals surface area contributed by atoms with E-state index >= 15 is 0 Å². The molecule has 0 saturated heterocycles. The number of urea groups is 1. The van der Waals surface area contributed by atoms with Gasteiger partial charge >= 0.3 is 6.03 Å². The molecule has 2 amide bonds. The van der Waals surface area contributed by atoms with Gasteiger partial charge in [-0.1, -0.05) is 23.7 Å². The van der Waals surface area contributed by atoms with E-state index in [9.17, 15) is 9.90 Å². The molecule has 1 aromatic carbocycles. The molecule has 1 unspecified atom stereocenters. The van der Waals surface area contributed by atoms with Gasteiger partial charge in [0.05, 0.1) is 6.10 Å². The molecule has 0 aromatic heterocycles. The smallest absolute Gasteiger partial charge is 0.317 e. The van der Waals surface area contributed by atoms with Gasteiger partial charge in [0, 0.05) is 24.2 Å². The van der Waals surface area contributed by atoms with Gasteiger partial charge in [-0.25, -0.2) is 4.79 Å². The molecule has 0 saturated carbocycles. The van der Waals surface area contributed by atoms with Crippen LogP contribution in [0.15, 0.2) is 24.3 Å². The summed E-state index contributed by atoms with van der Waals surface area (Å²) in [5.41, 5.74) is 1.09. The number of nitrogens with one attached hydrogen (secondary N) is 1. The van der Waals surface area contributed by atoms with Gasteiger partial charge in [-0.2, -0.15) is 0 Å². The van der Waals surface area contributed by atoms with E-state index in [-0.39, 0.29) is 12.1 Å². The number of nitrogens with zero attached hydrogens (tertiary/aromatic N) is 1. The Kier molecular flexibility index (Phi) is 6.82. The van der Waals surface area contributed by atoms with E-state index in [0.717, 1.165) is 12.0 Å². The molecule has 0 fully saturated rings. The summed E-state index contributed by atoms with van der Waals surface area (Å²) in [6, 6.07) is 7.50. The van der Waals surface area contributed by atoms with Crippen molar-refractivity contribution in [2.75, 3.05) is 13.1 Å². The third-order valence-corrected chi connectivity index (χ3v) is 3.16. The van der Waals surface area contributed by atoms with E-state index in [2.05, 4.69) is 5.32 Å². The molecule has 0 heterocycles. The first-order chi connectivity index (χ1) is 9.40. The van der Waals surface area contributed by atoms with Crippen molar-refractivity contribution in [1.29, 1.82) is 0 Å². The number of amides is 2. The van der Waals surface area contributed by atoms with E-state index < -0.39 is 6.10 Å². The lowest BCUT2D eigenvalue weighted by Crippen LogP contribution is -2.47. The number of rotatable bonds is 6. The van der Waals surface area contributed by atoms with Crippen molar-refractivity contribution in [2.45, 2.75) is 39.3 Å². The predicted molar refractivity (Wildman–Crippen MR) is 82.1 cm³/mol. The van der Waals surface area contributed by atoms with Crippen molar-refractivity contribution in [2.24, 2.45) is 0 Å². The summed E-state index contributed by atoms with van der Waals surface area (Å²) in [4.78, 5) is 13.7. The van der Waals surface area contributed by atoms with Crippen molar-refractivity contribution in [3.63, 3.8) is 0 Å². The van der Waals surface area contributed by atoms with Crippen LogP contribution in [-0.4, -0.2) is 41.3 Å². The Morgan fingerprint density at radius 1 is 1.40 bits per heavy atom. The normalized spacial score (nSPS) is 12.3. The minimum Gasteiger partial charge on any atom is -0.392 e. The number of aliphatic hydroxyl groups excluding tert-OH is 1. The first kappa shape index (κ1) is 16.8. The topological polar surface area (TPSA) is 52.6 Å². The van der Waals surface area contributed by atoms with Crippen molar-refractivity contribution < 1.29 is 9.90 Å². The number of hydrogen-bond donors (Lipinski definition) is 2. The molecule has 5 heteroatoms. The Bertz CT molecular complexity index is 436. The fourth-order valence-corrected chi connectivity index (χ4v) is 2.13. The highest BCUT2D eigenvalue weighted by atomic mass is 35.5. The maximum Gasteiger partial charge on any atom is 0.317 e. The lowest BCUT2D eigenvalue weighted by Gasteiger charge is -2.28. The summed E-state index contributed by atoms with van der Waals surface area (Å²) >= 11 is 5.91. The number of carbonyl (C=O) groups excluding carboxylic acids is 1. The molecule has 1 rings (SSSR count). The van der Waals surface area contributed by atoms with E-state index in [0.29, 0.717) is 18.1 Å². The third-order valence-electron chi connectivity index (χ3n) is 2.92. The number of halogens is 1. The second-order valence-corrected chi connectivity index (χ2v) is 5.64.